The number of aryl methyl sites for hydroxylation is 1. The minimum Gasteiger partial charge on any atom is -0.507 e. The van der Waals surface area contributed by atoms with Gasteiger partial charge < -0.3 is 15.4 Å². The summed E-state index contributed by atoms with van der Waals surface area (Å²) in [4.78, 5) is 27.1. The number of aromatic amines is 1. The molecular formula is C16H15ClN2O3. The number of aromatic nitrogens is 1. The highest BCUT2D eigenvalue weighted by atomic mass is 35.5. The molecule has 3 N–H and O–H groups in total. The van der Waals surface area contributed by atoms with E-state index in [4.69, 9.17) is 11.6 Å². The zero-order chi connectivity index (χ0) is 15.7. The minimum absolute atomic E-state index is 0.210. The van der Waals surface area contributed by atoms with Crippen molar-refractivity contribution in [3.8, 4) is 5.75 Å². The van der Waals surface area contributed by atoms with Gasteiger partial charge in [-0.25, -0.2) is 0 Å². The molecule has 0 atom stereocenters. The highest BCUT2D eigenvalue weighted by Crippen LogP contribution is 2.29. The van der Waals surface area contributed by atoms with E-state index in [2.05, 4.69) is 10.3 Å². The van der Waals surface area contributed by atoms with Crippen molar-refractivity contribution in [2.24, 2.45) is 0 Å². The molecular weight excluding hydrogens is 304 g/mol. The second-order valence-electron chi connectivity index (χ2n) is 5.31. The molecule has 6 heteroatoms. The van der Waals surface area contributed by atoms with Gasteiger partial charge in [0.05, 0.1) is 0 Å². The number of aromatic hydroxyl groups is 1. The van der Waals surface area contributed by atoms with Crippen molar-refractivity contribution in [3.63, 3.8) is 0 Å². The molecule has 0 aliphatic heterocycles. The first-order chi connectivity index (χ1) is 10.6. The van der Waals surface area contributed by atoms with Gasteiger partial charge in [-0.3, -0.25) is 9.59 Å². The molecule has 2 aromatic rings. The van der Waals surface area contributed by atoms with Gasteiger partial charge in [-0.2, -0.15) is 0 Å². The van der Waals surface area contributed by atoms with Crippen LogP contribution in [0.2, 0.25) is 5.02 Å². The first kappa shape index (κ1) is 14.7. The highest BCUT2D eigenvalue weighted by molar-refractivity contribution is 6.31. The number of halogens is 1. The first-order valence-electron chi connectivity index (χ1n) is 7.10. The molecule has 5 nitrogen and oxygen atoms in total. The fraction of sp³-hybridized carbons (Fsp3) is 0.250. The van der Waals surface area contributed by atoms with E-state index in [1.54, 1.807) is 24.3 Å². The van der Waals surface area contributed by atoms with Crippen molar-refractivity contribution in [1.82, 2.24) is 4.98 Å². The molecule has 1 amide bonds. The van der Waals surface area contributed by atoms with Crippen molar-refractivity contribution < 1.29 is 9.90 Å². The standard InChI is InChI=1S/C16H15ClN2O3/c17-9-4-3-5-10(8-9)18-15(21)13-14(20)11-6-1-2-7-12(11)19-16(13)22/h3-5,8H,1-2,6-7H2,(H,18,21)(H2,19,20,22). The third kappa shape index (κ3) is 2.72. The number of carbonyl (C=O) groups excluding carboxylic acids is 1. The number of hydrogen-bond donors (Lipinski definition) is 3. The van der Waals surface area contributed by atoms with Crippen LogP contribution in [0.15, 0.2) is 29.1 Å². The van der Waals surface area contributed by atoms with E-state index in [1.807, 2.05) is 0 Å². The normalized spacial score (nSPS) is 13.5. The molecule has 3 rings (SSSR count). The Balaban J connectivity index is 1.97. The summed E-state index contributed by atoms with van der Waals surface area (Å²) in [6.45, 7) is 0. The van der Waals surface area contributed by atoms with E-state index in [-0.39, 0.29) is 11.3 Å². The van der Waals surface area contributed by atoms with E-state index in [0.717, 1.165) is 18.5 Å². The summed E-state index contributed by atoms with van der Waals surface area (Å²) in [6.07, 6.45) is 3.28. The van der Waals surface area contributed by atoms with Gasteiger partial charge in [0.25, 0.3) is 11.5 Å². The maximum absolute atomic E-state index is 12.3. The molecule has 0 spiro atoms. The van der Waals surface area contributed by atoms with Gasteiger partial charge in [0.15, 0.2) is 0 Å². The zero-order valence-corrected chi connectivity index (χ0v) is 12.5. The summed E-state index contributed by atoms with van der Waals surface area (Å²) in [5.41, 5.74) is 1.04. The van der Waals surface area contributed by atoms with Gasteiger partial charge >= 0.3 is 0 Å². The van der Waals surface area contributed by atoms with Gasteiger partial charge in [-0.15, -0.1) is 0 Å². The van der Waals surface area contributed by atoms with E-state index in [0.29, 0.717) is 29.1 Å². The van der Waals surface area contributed by atoms with E-state index in [9.17, 15) is 14.7 Å². The summed E-state index contributed by atoms with van der Waals surface area (Å²) in [7, 11) is 0. The lowest BCUT2D eigenvalue weighted by Gasteiger charge is -2.18. The summed E-state index contributed by atoms with van der Waals surface area (Å²) in [5.74, 6) is -0.854. The molecule has 0 radical (unpaired) electrons. The van der Waals surface area contributed by atoms with Crippen LogP contribution in [0, 0.1) is 0 Å². The fourth-order valence-corrected chi connectivity index (χ4v) is 2.92. The monoisotopic (exact) mass is 318 g/mol. The van der Waals surface area contributed by atoms with Crippen molar-refractivity contribution >= 4 is 23.2 Å². The number of rotatable bonds is 2. The second-order valence-corrected chi connectivity index (χ2v) is 5.74. The molecule has 0 bridgehead atoms. The number of anilines is 1. The Bertz CT molecular complexity index is 798. The van der Waals surface area contributed by atoms with Crippen LogP contribution in [0.4, 0.5) is 5.69 Å². The lowest BCUT2D eigenvalue weighted by atomic mass is 9.93. The number of fused-ring (bicyclic) bond motifs is 1. The largest absolute Gasteiger partial charge is 0.507 e. The van der Waals surface area contributed by atoms with Crippen LogP contribution >= 0.6 is 11.6 Å². The van der Waals surface area contributed by atoms with Crippen LogP contribution in [0.25, 0.3) is 0 Å². The Morgan fingerprint density at radius 1 is 1.27 bits per heavy atom. The molecule has 1 aromatic carbocycles. The van der Waals surface area contributed by atoms with Crippen molar-refractivity contribution in [3.05, 3.63) is 56.5 Å². The van der Waals surface area contributed by atoms with Crippen LogP contribution in [0.1, 0.15) is 34.5 Å². The SMILES string of the molecule is O=C(Nc1cccc(Cl)c1)c1c(O)c2c([nH]c1=O)CCCC2. The second kappa shape index (κ2) is 5.85. The lowest BCUT2D eigenvalue weighted by Crippen LogP contribution is -2.26. The maximum atomic E-state index is 12.3. The molecule has 0 fully saturated rings. The Labute approximate surface area is 131 Å². The fourth-order valence-electron chi connectivity index (χ4n) is 2.73. The topological polar surface area (TPSA) is 82.2 Å². The molecule has 0 saturated carbocycles. The number of H-pyrrole nitrogens is 1. The third-order valence-corrected chi connectivity index (χ3v) is 4.03. The van der Waals surface area contributed by atoms with Gasteiger partial charge in [0, 0.05) is 22.0 Å². The van der Waals surface area contributed by atoms with E-state index in [1.165, 1.54) is 0 Å². The van der Waals surface area contributed by atoms with Gasteiger partial charge in [0.1, 0.15) is 11.3 Å². The zero-order valence-electron chi connectivity index (χ0n) is 11.8. The Morgan fingerprint density at radius 2 is 2.05 bits per heavy atom. The number of pyridine rings is 1. The summed E-state index contributed by atoms with van der Waals surface area (Å²) < 4.78 is 0. The van der Waals surface area contributed by atoms with Crippen LogP contribution in [0.3, 0.4) is 0 Å². The maximum Gasteiger partial charge on any atom is 0.265 e. The number of benzene rings is 1. The van der Waals surface area contributed by atoms with Crippen molar-refractivity contribution in [1.29, 1.82) is 0 Å². The molecule has 1 aliphatic rings. The molecule has 22 heavy (non-hydrogen) atoms. The van der Waals surface area contributed by atoms with Crippen LogP contribution in [-0.4, -0.2) is 16.0 Å². The lowest BCUT2D eigenvalue weighted by molar-refractivity contribution is 0.102. The van der Waals surface area contributed by atoms with Crippen molar-refractivity contribution in [2.45, 2.75) is 25.7 Å². The van der Waals surface area contributed by atoms with Gasteiger partial charge in [0.2, 0.25) is 0 Å². The Kier molecular flexibility index (Phi) is 3.90. The first-order valence-corrected chi connectivity index (χ1v) is 7.48. The minimum atomic E-state index is -0.644. The van der Waals surface area contributed by atoms with Gasteiger partial charge in [-0.1, -0.05) is 17.7 Å². The Hall–Kier alpha value is -2.27. The molecule has 1 aliphatic carbocycles. The predicted octanol–water partition coefficient (Wildman–Crippen LogP) is 2.87. The molecule has 0 unspecified atom stereocenters. The number of hydrogen-bond acceptors (Lipinski definition) is 3. The van der Waals surface area contributed by atoms with Crippen LogP contribution in [0.5, 0.6) is 5.75 Å². The van der Waals surface area contributed by atoms with Crippen molar-refractivity contribution in [2.75, 3.05) is 5.32 Å². The van der Waals surface area contributed by atoms with E-state index < -0.39 is 11.5 Å². The molecule has 1 heterocycles. The number of nitrogens with one attached hydrogen (secondary N) is 2. The summed E-state index contributed by atoms with van der Waals surface area (Å²) in [5, 5.41) is 13.4. The quantitative estimate of drug-likeness (QED) is 0.796. The third-order valence-electron chi connectivity index (χ3n) is 3.79. The number of amides is 1. The van der Waals surface area contributed by atoms with Crippen LogP contribution in [-0.2, 0) is 12.8 Å². The summed E-state index contributed by atoms with van der Waals surface area (Å²) >= 11 is 5.86. The van der Waals surface area contributed by atoms with Gasteiger partial charge in [-0.05, 0) is 43.9 Å². The number of carbonyl (C=O) groups is 1. The predicted molar refractivity (Wildman–Crippen MR) is 84.8 cm³/mol. The average Bonchev–Trinajstić information content (AvgIpc) is 2.47. The van der Waals surface area contributed by atoms with E-state index >= 15 is 0 Å². The average molecular weight is 319 g/mol. The molecule has 0 saturated heterocycles. The summed E-state index contributed by atoms with van der Waals surface area (Å²) in [6, 6.07) is 6.60. The smallest absolute Gasteiger partial charge is 0.265 e. The Morgan fingerprint density at radius 3 is 2.82 bits per heavy atom. The highest BCUT2D eigenvalue weighted by Gasteiger charge is 2.24. The van der Waals surface area contributed by atoms with Crippen LogP contribution < -0.4 is 10.9 Å². The molecule has 114 valence electrons. The molecule has 1 aromatic heterocycles.